The van der Waals surface area contributed by atoms with E-state index in [0.717, 1.165) is 19.3 Å². The van der Waals surface area contributed by atoms with Gasteiger partial charge in [-0.2, -0.15) is 0 Å². The van der Waals surface area contributed by atoms with Gasteiger partial charge in [0.25, 0.3) is 0 Å². The largest absolute Gasteiger partial charge is 0.383 e. The van der Waals surface area contributed by atoms with Crippen LogP contribution in [-0.4, -0.2) is 31.8 Å². The van der Waals surface area contributed by atoms with Crippen molar-refractivity contribution in [2.24, 2.45) is 0 Å². The Morgan fingerprint density at radius 2 is 2.19 bits per heavy atom. The van der Waals surface area contributed by atoms with Crippen LogP contribution in [0.3, 0.4) is 0 Å². The van der Waals surface area contributed by atoms with Crippen LogP contribution in [0.2, 0.25) is 0 Å². The minimum absolute atomic E-state index is 0.0303. The number of likely N-dealkylation sites (N-methyl/N-ethyl adjacent to an activating group) is 1. The van der Waals surface area contributed by atoms with Gasteiger partial charge in [-0.1, -0.05) is 18.2 Å². The van der Waals surface area contributed by atoms with Gasteiger partial charge in [-0.25, -0.2) is 0 Å². The number of para-hydroxylation sites is 1. The molecule has 0 saturated heterocycles. The fourth-order valence-corrected chi connectivity index (χ4v) is 2.52. The molecule has 1 aliphatic heterocycles. The lowest BCUT2D eigenvalue weighted by atomic mass is 9.86. The monoisotopic (exact) mass is 218 g/mol. The number of hydrogen-bond donors (Lipinski definition) is 1. The van der Waals surface area contributed by atoms with Crippen LogP contribution in [0.5, 0.6) is 0 Å². The van der Waals surface area contributed by atoms with Gasteiger partial charge >= 0.3 is 0 Å². The Kier molecular flexibility index (Phi) is 2.97. The zero-order valence-corrected chi connectivity index (χ0v) is 9.86. The summed E-state index contributed by atoms with van der Waals surface area (Å²) in [7, 11) is 4.16. The maximum atomic E-state index is 10.6. The van der Waals surface area contributed by atoms with Gasteiger partial charge < -0.3 is 10.1 Å². The standard InChI is InChI=1S/C13H18N2O/c1-15(2)13(8-5-9-16)10-14-12-7-4-3-6-11(12)13/h3-4,6-7,9,14H,5,8,10H2,1-2H3. The lowest BCUT2D eigenvalue weighted by Gasteiger charge is -2.36. The highest BCUT2D eigenvalue weighted by Crippen LogP contribution is 2.41. The number of fused-ring (bicyclic) bond motifs is 1. The van der Waals surface area contributed by atoms with Crippen molar-refractivity contribution in [2.45, 2.75) is 18.4 Å². The molecule has 0 spiro atoms. The average Bonchev–Trinajstić information content (AvgIpc) is 2.67. The second-order valence-electron chi connectivity index (χ2n) is 4.53. The Hall–Kier alpha value is -1.35. The topological polar surface area (TPSA) is 32.3 Å². The van der Waals surface area contributed by atoms with E-state index in [2.05, 4.69) is 42.5 Å². The molecule has 1 unspecified atom stereocenters. The van der Waals surface area contributed by atoms with E-state index in [1.807, 2.05) is 6.07 Å². The summed E-state index contributed by atoms with van der Waals surface area (Å²) >= 11 is 0. The van der Waals surface area contributed by atoms with E-state index in [1.54, 1.807) is 0 Å². The van der Waals surface area contributed by atoms with Crippen molar-refractivity contribution in [3.63, 3.8) is 0 Å². The normalized spacial score (nSPS) is 22.9. The van der Waals surface area contributed by atoms with Crippen LogP contribution in [0.25, 0.3) is 0 Å². The van der Waals surface area contributed by atoms with Crippen LogP contribution < -0.4 is 5.32 Å². The summed E-state index contributed by atoms with van der Waals surface area (Å²) in [5.74, 6) is 0. The van der Waals surface area contributed by atoms with Crippen molar-refractivity contribution < 1.29 is 4.79 Å². The predicted molar refractivity (Wildman–Crippen MR) is 65.6 cm³/mol. The number of benzene rings is 1. The van der Waals surface area contributed by atoms with Gasteiger partial charge in [0.15, 0.2) is 0 Å². The average molecular weight is 218 g/mol. The highest BCUT2D eigenvalue weighted by atomic mass is 16.1. The van der Waals surface area contributed by atoms with Crippen molar-refractivity contribution in [2.75, 3.05) is 26.0 Å². The van der Waals surface area contributed by atoms with Crippen molar-refractivity contribution >= 4 is 12.0 Å². The first-order valence-electron chi connectivity index (χ1n) is 5.65. The fraction of sp³-hybridized carbons (Fsp3) is 0.462. The molecule has 16 heavy (non-hydrogen) atoms. The van der Waals surface area contributed by atoms with E-state index in [0.29, 0.717) is 6.42 Å². The summed E-state index contributed by atoms with van der Waals surface area (Å²) in [6, 6.07) is 8.35. The van der Waals surface area contributed by atoms with Crippen LogP contribution in [0, 0.1) is 0 Å². The molecule has 0 bridgehead atoms. The summed E-state index contributed by atoms with van der Waals surface area (Å²) in [5.41, 5.74) is 2.47. The summed E-state index contributed by atoms with van der Waals surface area (Å²) in [6.07, 6.45) is 2.48. The highest BCUT2D eigenvalue weighted by molar-refractivity contribution is 5.60. The van der Waals surface area contributed by atoms with E-state index < -0.39 is 0 Å². The number of nitrogens with one attached hydrogen (secondary N) is 1. The number of carbonyl (C=O) groups is 1. The number of aldehydes is 1. The zero-order valence-electron chi connectivity index (χ0n) is 9.86. The molecule has 3 nitrogen and oxygen atoms in total. The summed E-state index contributed by atoms with van der Waals surface area (Å²) in [6.45, 7) is 0.882. The van der Waals surface area contributed by atoms with Gasteiger partial charge in [-0.3, -0.25) is 4.90 Å². The molecule has 1 aliphatic rings. The minimum atomic E-state index is -0.0303. The van der Waals surface area contributed by atoms with Crippen molar-refractivity contribution in [3.8, 4) is 0 Å². The van der Waals surface area contributed by atoms with Crippen molar-refractivity contribution in [1.82, 2.24) is 4.90 Å². The molecule has 1 aromatic carbocycles. The second kappa shape index (κ2) is 4.26. The third-order valence-corrected chi connectivity index (χ3v) is 3.53. The molecular formula is C13H18N2O. The first-order chi connectivity index (χ1) is 7.70. The van der Waals surface area contributed by atoms with Gasteiger partial charge in [-0.15, -0.1) is 0 Å². The van der Waals surface area contributed by atoms with Crippen LogP contribution in [-0.2, 0) is 10.3 Å². The third-order valence-electron chi connectivity index (χ3n) is 3.53. The van der Waals surface area contributed by atoms with Crippen LogP contribution in [0.1, 0.15) is 18.4 Å². The van der Waals surface area contributed by atoms with Crippen LogP contribution in [0.15, 0.2) is 24.3 Å². The van der Waals surface area contributed by atoms with E-state index in [9.17, 15) is 4.79 Å². The Bertz CT molecular complexity index is 389. The van der Waals surface area contributed by atoms with Gasteiger partial charge in [0.2, 0.25) is 0 Å². The van der Waals surface area contributed by atoms with Crippen molar-refractivity contribution in [1.29, 1.82) is 0 Å². The number of hydrogen-bond acceptors (Lipinski definition) is 3. The molecule has 0 aromatic heterocycles. The lowest BCUT2D eigenvalue weighted by molar-refractivity contribution is -0.108. The molecule has 1 aromatic rings. The minimum Gasteiger partial charge on any atom is -0.383 e. The van der Waals surface area contributed by atoms with E-state index in [-0.39, 0.29) is 5.54 Å². The Morgan fingerprint density at radius 3 is 2.88 bits per heavy atom. The van der Waals surface area contributed by atoms with Gasteiger partial charge in [0, 0.05) is 18.7 Å². The number of carbonyl (C=O) groups excluding carboxylic acids is 1. The maximum absolute atomic E-state index is 10.6. The van der Waals surface area contributed by atoms with Crippen LogP contribution in [0.4, 0.5) is 5.69 Å². The second-order valence-corrected chi connectivity index (χ2v) is 4.53. The Morgan fingerprint density at radius 1 is 1.44 bits per heavy atom. The molecule has 0 aliphatic carbocycles. The Labute approximate surface area is 96.5 Å². The fourth-order valence-electron chi connectivity index (χ4n) is 2.52. The van der Waals surface area contributed by atoms with Gasteiger partial charge in [0.05, 0.1) is 5.54 Å². The number of rotatable bonds is 4. The summed E-state index contributed by atoms with van der Waals surface area (Å²) in [5, 5.41) is 3.42. The molecule has 0 fully saturated rings. The van der Waals surface area contributed by atoms with Crippen molar-refractivity contribution in [3.05, 3.63) is 29.8 Å². The smallest absolute Gasteiger partial charge is 0.120 e. The molecule has 1 heterocycles. The Balaban J connectivity index is 2.38. The molecular weight excluding hydrogens is 200 g/mol. The van der Waals surface area contributed by atoms with Gasteiger partial charge in [0.1, 0.15) is 6.29 Å². The lowest BCUT2D eigenvalue weighted by Crippen LogP contribution is -2.43. The van der Waals surface area contributed by atoms with Gasteiger partial charge in [-0.05, 0) is 32.1 Å². The van der Waals surface area contributed by atoms with Crippen LogP contribution >= 0.6 is 0 Å². The summed E-state index contributed by atoms with van der Waals surface area (Å²) in [4.78, 5) is 12.8. The molecule has 0 radical (unpaired) electrons. The molecule has 1 atom stereocenters. The molecule has 0 amide bonds. The van der Waals surface area contributed by atoms with E-state index in [1.165, 1.54) is 11.3 Å². The first kappa shape index (κ1) is 11.1. The van der Waals surface area contributed by atoms with E-state index >= 15 is 0 Å². The SMILES string of the molecule is CN(C)C1(CCC=O)CNc2ccccc21. The predicted octanol–water partition coefficient (Wildman–Crippen LogP) is 1.85. The number of anilines is 1. The molecule has 86 valence electrons. The third kappa shape index (κ3) is 1.61. The highest BCUT2D eigenvalue weighted by Gasteiger charge is 2.39. The quantitative estimate of drug-likeness (QED) is 0.783. The molecule has 3 heteroatoms. The molecule has 2 rings (SSSR count). The summed E-state index contributed by atoms with van der Waals surface area (Å²) < 4.78 is 0. The first-order valence-corrected chi connectivity index (χ1v) is 5.65. The zero-order chi connectivity index (χ0) is 11.6. The maximum Gasteiger partial charge on any atom is 0.120 e. The molecule has 1 N–H and O–H groups in total. The molecule has 0 saturated carbocycles. The van der Waals surface area contributed by atoms with E-state index in [4.69, 9.17) is 0 Å². The number of nitrogens with zero attached hydrogens (tertiary/aromatic N) is 1.